The summed E-state index contributed by atoms with van der Waals surface area (Å²) in [6.07, 6.45) is 22.4. The van der Waals surface area contributed by atoms with Crippen molar-refractivity contribution in [2.24, 2.45) is 0 Å². The van der Waals surface area contributed by atoms with Gasteiger partial charge in [0, 0.05) is 42.2 Å². The highest BCUT2D eigenvalue weighted by Crippen LogP contribution is 2.34. The van der Waals surface area contributed by atoms with Gasteiger partial charge in [-0.05, 0) is 72.4 Å². The van der Waals surface area contributed by atoms with Gasteiger partial charge in [-0.3, -0.25) is 14.4 Å². The van der Waals surface area contributed by atoms with Crippen LogP contribution in [-0.4, -0.2) is 17.7 Å². The Morgan fingerprint density at radius 3 is 0.846 bits per heavy atom. The van der Waals surface area contributed by atoms with Crippen molar-refractivity contribution in [3.63, 3.8) is 0 Å². The molecular weight excluding hydrogens is 643 g/mol. The van der Waals surface area contributed by atoms with Gasteiger partial charge in [-0.1, -0.05) is 153 Å². The van der Waals surface area contributed by atoms with Crippen LogP contribution in [-0.2, 0) is 14.4 Å². The first-order chi connectivity index (χ1) is 25.4. The summed E-state index contributed by atoms with van der Waals surface area (Å²) in [5.74, 6) is 0.0998. The van der Waals surface area contributed by atoms with E-state index < -0.39 is 0 Å². The van der Waals surface area contributed by atoms with E-state index in [2.05, 4.69) is 73.1 Å². The molecule has 0 aliphatic carbocycles. The second-order valence-electron chi connectivity index (χ2n) is 14.5. The molecule has 3 amide bonds. The van der Waals surface area contributed by atoms with Crippen LogP contribution in [0.5, 0.6) is 0 Å². The fraction of sp³-hybridized carbons (Fsp3) is 0.543. The lowest BCUT2D eigenvalue weighted by atomic mass is 9.85. The highest BCUT2D eigenvalue weighted by Gasteiger charge is 2.18. The molecule has 0 aromatic heterocycles. The predicted octanol–water partition coefficient (Wildman–Crippen LogP) is 12.9. The Morgan fingerprint density at radius 2 is 0.596 bits per heavy atom. The van der Waals surface area contributed by atoms with Gasteiger partial charge in [0.15, 0.2) is 0 Å². The van der Waals surface area contributed by atoms with Gasteiger partial charge in [0.2, 0.25) is 17.7 Å². The van der Waals surface area contributed by atoms with E-state index in [0.29, 0.717) is 19.3 Å². The lowest BCUT2D eigenvalue weighted by molar-refractivity contribution is -0.117. The molecule has 0 aliphatic rings. The Hall–Kier alpha value is -3.93. The second-order valence-corrected chi connectivity index (χ2v) is 14.5. The molecule has 6 heteroatoms. The molecule has 0 unspecified atom stereocenters. The fourth-order valence-electron chi connectivity index (χ4n) is 6.72. The topological polar surface area (TPSA) is 87.3 Å². The minimum absolute atomic E-state index is 0.0584. The normalized spacial score (nSPS) is 11.1. The van der Waals surface area contributed by atoms with Crippen molar-refractivity contribution in [1.82, 2.24) is 0 Å². The third-order valence-corrected chi connectivity index (χ3v) is 9.86. The van der Waals surface area contributed by atoms with Gasteiger partial charge in [-0.2, -0.15) is 0 Å². The molecular formula is C46H67N3O3. The Labute approximate surface area is 315 Å². The van der Waals surface area contributed by atoms with E-state index in [-0.39, 0.29) is 23.6 Å². The largest absolute Gasteiger partial charge is 0.326 e. The number of hydrogen-bond donors (Lipinski definition) is 3. The molecule has 0 radical (unpaired) electrons. The zero-order chi connectivity index (χ0) is 37.2. The van der Waals surface area contributed by atoms with Gasteiger partial charge in [0.05, 0.1) is 0 Å². The number of hydrogen-bond acceptors (Lipinski definition) is 3. The predicted molar refractivity (Wildman–Crippen MR) is 220 cm³/mol. The van der Waals surface area contributed by atoms with E-state index in [4.69, 9.17) is 0 Å². The van der Waals surface area contributed by atoms with Gasteiger partial charge in [0.1, 0.15) is 0 Å². The second kappa shape index (κ2) is 25.9. The van der Waals surface area contributed by atoms with Crippen molar-refractivity contribution in [1.29, 1.82) is 0 Å². The van der Waals surface area contributed by atoms with E-state index >= 15 is 0 Å². The zero-order valence-electron chi connectivity index (χ0n) is 32.6. The third-order valence-electron chi connectivity index (χ3n) is 9.86. The molecule has 6 nitrogen and oxygen atoms in total. The van der Waals surface area contributed by atoms with Gasteiger partial charge in [-0.25, -0.2) is 0 Å². The summed E-state index contributed by atoms with van der Waals surface area (Å²) < 4.78 is 0. The molecule has 0 heterocycles. The molecule has 284 valence electrons. The standard InChI is InChI=1S/C46H67N3O3/c1-4-7-10-13-16-19-22-43(50)47-40-31-25-37(26-32-40)46(38-27-33-41(34-28-38)48-44(51)23-20-17-14-11-8-5-2)39-29-35-42(36-30-39)49-45(52)24-21-18-15-12-9-6-3/h25-36,46H,4-24H2,1-3H3,(H,47,50)(H,48,51)(H,49,52). The molecule has 3 rings (SSSR count). The van der Waals surface area contributed by atoms with Crippen molar-refractivity contribution >= 4 is 34.8 Å². The molecule has 0 spiro atoms. The van der Waals surface area contributed by atoms with Crippen LogP contribution in [0, 0.1) is 0 Å². The summed E-state index contributed by atoms with van der Waals surface area (Å²) in [7, 11) is 0. The Bertz CT molecular complexity index is 1240. The van der Waals surface area contributed by atoms with Crippen LogP contribution in [0.25, 0.3) is 0 Å². The minimum atomic E-state index is -0.0754. The summed E-state index contributed by atoms with van der Waals surface area (Å²) in [6, 6.07) is 24.4. The lowest BCUT2D eigenvalue weighted by Crippen LogP contribution is -2.12. The van der Waals surface area contributed by atoms with E-state index in [0.717, 1.165) is 72.3 Å². The van der Waals surface area contributed by atoms with E-state index in [1.54, 1.807) is 0 Å². The smallest absolute Gasteiger partial charge is 0.224 e. The first-order valence-electron chi connectivity index (χ1n) is 20.6. The number of carbonyl (C=O) groups excluding carboxylic acids is 3. The van der Waals surface area contributed by atoms with Gasteiger partial charge in [-0.15, -0.1) is 0 Å². The van der Waals surface area contributed by atoms with Crippen LogP contribution in [0.4, 0.5) is 17.1 Å². The highest BCUT2D eigenvalue weighted by atomic mass is 16.2. The summed E-state index contributed by atoms with van der Waals surface area (Å²) >= 11 is 0. The van der Waals surface area contributed by atoms with E-state index in [9.17, 15) is 14.4 Å². The summed E-state index contributed by atoms with van der Waals surface area (Å²) in [4.78, 5) is 37.9. The average molecular weight is 710 g/mol. The number of carbonyl (C=O) groups is 3. The number of unbranched alkanes of at least 4 members (excludes halogenated alkanes) is 15. The number of nitrogens with one attached hydrogen (secondary N) is 3. The quantitative estimate of drug-likeness (QED) is 0.0544. The van der Waals surface area contributed by atoms with Gasteiger partial charge < -0.3 is 16.0 Å². The molecule has 0 aliphatic heterocycles. The molecule has 0 fully saturated rings. The maximum atomic E-state index is 12.6. The molecule has 0 saturated heterocycles. The van der Waals surface area contributed by atoms with E-state index in [1.165, 1.54) is 77.0 Å². The molecule has 0 bridgehead atoms. The number of rotatable bonds is 27. The zero-order valence-corrected chi connectivity index (χ0v) is 32.6. The average Bonchev–Trinajstić information content (AvgIpc) is 3.15. The molecule has 3 aromatic rings. The molecule has 3 aromatic carbocycles. The van der Waals surface area contributed by atoms with Crippen LogP contribution in [0.3, 0.4) is 0 Å². The summed E-state index contributed by atoms with van der Waals surface area (Å²) in [5, 5.41) is 9.23. The van der Waals surface area contributed by atoms with Crippen LogP contribution in [0.15, 0.2) is 72.8 Å². The molecule has 0 saturated carbocycles. The van der Waals surface area contributed by atoms with Crippen molar-refractivity contribution in [2.75, 3.05) is 16.0 Å². The molecule has 0 atom stereocenters. The Kier molecular flexibility index (Phi) is 21.2. The van der Waals surface area contributed by atoms with Crippen LogP contribution >= 0.6 is 0 Å². The SMILES string of the molecule is CCCCCCCCC(=O)Nc1ccc(C(c2ccc(NC(=O)CCCCCCCC)cc2)c2ccc(NC(=O)CCCCCCCC)cc2)cc1. The van der Waals surface area contributed by atoms with Crippen LogP contribution < -0.4 is 16.0 Å². The van der Waals surface area contributed by atoms with Crippen molar-refractivity contribution in [3.8, 4) is 0 Å². The third kappa shape index (κ3) is 17.1. The van der Waals surface area contributed by atoms with Crippen LogP contribution in [0.2, 0.25) is 0 Å². The fourth-order valence-corrected chi connectivity index (χ4v) is 6.72. The van der Waals surface area contributed by atoms with Crippen molar-refractivity contribution in [2.45, 2.75) is 162 Å². The number of amides is 3. The maximum Gasteiger partial charge on any atom is 0.224 e. The number of benzene rings is 3. The molecule has 3 N–H and O–H groups in total. The summed E-state index contributed by atoms with van der Waals surface area (Å²) in [5.41, 5.74) is 5.66. The Morgan fingerprint density at radius 1 is 0.365 bits per heavy atom. The van der Waals surface area contributed by atoms with Crippen LogP contribution in [0.1, 0.15) is 178 Å². The molecule has 52 heavy (non-hydrogen) atoms. The van der Waals surface area contributed by atoms with Gasteiger partial charge in [0.25, 0.3) is 0 Å². The van der Waals surface area contributed by atoms with Crippen molar-refractivity contribution in [3.05, 3.63) is 89.5 Å². The monoisotopic (exact) mass is 710 g/mol. The minimum Gasteiger partial charge on any atom is -0.326 e. The summed E-state index contributed by atoms with van der Waals surface area (Å²) in [6.45, 7) is 6.64. The highest BCUT2D eigenvalue weighted by molar-refractivity contribution is 5.91. The first-order valence-corrected chi connectivity index (χ1v) is 20.6. The lowest BCUT2D eigenvalue weighted by Gasteiger charge is -2.20. The Balaban J connectivity index is 1.67. The van der Waals surface area contributed by atoms with E-state index in [1.807, 2.05) is 36.4 Å². The number of anilines is 3. The van der Waals surface area contributed by atoms with Gasteiger partial charge >= 0.3 is 0 Å². The first kappa shape index (κ1) is 42.5. The maximum absolute atomic E-state index is 12.6. The van der Waals surface area contributed by atoms with Crippen molar-refractivity contribution < 1.29 is 14.4 Å².